The van der Waals surface area contributed by atoms with Gasteiger partial charge < -0.3 is 19.3 Å². The first-order valence-corrected chi connectivity index (χ1v) is 9.37. The van der Waals surface area contributed by atoms with E-state index < -0.39 is 0 Å². The molecule has 140 valence electrons. The number of nitrogens with zero attached hydrogens (tertiary/aromatic N) is 2. The van der Waals surface area contributed by atoms with Crippen LogP contribution < -0.4 is 0 Å². The van der Waals surface area contributed by atoms with Crippen molar-refractivity contribution in [3.63, 3.8) is 0 Å². The van der Waals surface area contributed by atoms with Crippen molar-refractivity contribution in [3.8, 4) is 0 Å². The summed E-state index contributed by atoms with van der Waals surface area (Å²) in [7, 11) is 0. The third-order valence-electron chi connectivity index (χ3n) is 5.35. The molecule has 2 fully saturated rings. The number of carbonyl (C=O) groups excluding carboxylic acids is 3. The summed E-state index contributed by atoms with van der Waals surface area (Å²) in [6.45, 7) is 2.71. The fourth-order valence-corrected chi connectivity index (χ4v) is 3.63. The summed E-state index contributed by atoms with van der Waals surface area (Å²) in [5.74, 6) is 0.243. The first-order valence-electron chi connectivity index (χ1n) is 9.37. The predicted octanol–water partition coefficient (Wildman–Crippen LogP) is 2.47. The first-order chi connectivity index (χ1) is 12.7. The van der Waals surface area contributed by atoms with Crippen molar-refractivity contribution >= 4 is 18.3 Å². The van der Waals surface area contributed by atoms with E-state index in [1.807, 2.05) is 35.2 Å². The van der Waals surface area contributed by atoms with E-state index in [4.69, 9.17) is 4.74 Å². The van der Waals surface area contributed by atoms with Crippen molar-refractivity contribution < 1.29 is 19.1 Å². The average molecular weight is 358 g/mol. The van der Waals surface area contributed by atoms with Crippen LogP contribution in [0.1, 0.15) is 31.2 Å². The van der Waals surface area contributed by atoms with E-state index in [-0.39, 0.29) is 30.4 Å². The molecule has 1 aromatic rings. The molecule has 2 saturated heterocycles. The van der Waals surface area contributed by atoms with Gasteiger partial charge in [0.15, 0.2) is 0 Å². The Morgan fingerprint density at radius 3 is 2.19 bits per heavy atom. The zero-order valence-corrected chi connectivity index (χ0v) is 15.0. The highest BCUT2D eigenvalue weighted by molar-refractivity contribution is 5.79. The molecule has 2 aliphatic rings. The molecule has 0 bridgehead atoms. The highest BCUT2D eigenvalue weighted by Crippen LogP contribution is 2.23. The third kappa shape index (κ3) is 4.62. The minimum atomic E-state index is -0.313. The van der Waals surface area contributed by atoms with Gasteiger partial charge in [-0.05, 0) is 31.2 Å². The Balaban J connectivity index is 1.41. The molecule has 0 radical (unpaired) electrons. The van der Waals surface area contributed by atoms with Crippen LogP contribution in [0.25, 0.3) is 0 Å². The van der Waals surface area contributed by atoms with Gasteiger partial charge in [-0.15, -0.1) is 0 Å². The Morgan fingerprint density at radius 2 is 1.58 bits per heavy atom. The Kier molecular flexibility index (Phi) is 6.26. The lowest BCUT2D eigenvalue weighted by atomic mass is 9.92. The van der Waals surface area contributed by atoms with Gasteiger partial charge in [-0.1, -0.05) is 30.3 Å². The Labute approximate surface area is 154 Å². The topological polar surface area (TPSA) is 66.9 Å². The predicted molar refractivity (Wildman–Crippen MR) is 96.3 cm³/mol. The fraction of sp³-hybridized carbons (Fsp3) is 0.550. The largest absolute Gasteiger partial charge is 0.445 e. The second-order valence-electron chi connectivity index (χ2n) is 7.10. The Morgan fingerprint density at radius 1 is 0.962 bits per heavy atom. The molecule has 1 aromatic carbocycles. The maximum Gasteiger partial charge on any atom is 0.410 e. The molecule has 2 amide bonds. The van der Waals surface area contributed by atoms with Gasteiger partial charge in [0.1, 0.15) is 12.9 Å². The van der Waals surface area contributed by atoms with Gasteiger partial charge >= 0.3 is 6.09 Å². The first kappa shape index (κ1) is 18.4. The van der Waals surface area contributed by atoms with E-state index in [0.717, 1.165) is 24.7 Å². The highest BCUT2D eigenvalue weighted by atomic mass is 16.6. The highest BCUT2D eigenvalue weighted by Gasteiger charge is 2.32. The van der Waals surface area contributed by atoms with E-state index in [9.17, 15) is 14.4 Å². The van der Waals surface area contributed by atoms with Crippen LogP contribution in [0.3, 0.4) is 0 Å². The van der Waals surface area contributed by atoms with Crippen LogP contribution in [0.2, 0.25) is 0 Å². The van der Waals surface area contributed by atoms with Crippen LogP contribution in [-0.2, 0) is 20.9 Å². The van der Waals surface area contributed by atoms with Crippen molar-refractivity contribution in [2.24, 2.45) is 11.8 Å². The number of ether oxygens (including phenoxy) is 1. The number of rotatable bonds is 4. The summed E-state index contributed by atoms with van der Waals surface area (Å²) in [5.41, 5.74) is 0.963. The van der Waals surface area contributed by atoms with Crippen molar-refractivity contribution in [2.45, 2.75) is 32.3 Å². The number of amides is 2. The minimum Gasteiger partial charge on any atom is -0.445 e. The van der Waals surface area contributed by atoms with Gasteiger partial charge in [-0.3, -0.25) is 4.79 Å². The van der Waals surface area contributed by atoms with Gasteiger partial charge in [-0.2, -0.15) is 0 Å². The zero-order chi connectivity index (χ0) is 18.4. The molecule has 2 heterocycles. The van der Waals surface area contributed by atoms with Crippen molar-refractivity contribution in [1.82, 2.24) is 9.80 Å². The molecule has 26 heavy (non-hydrogen) atoms. The van der Waals surface area contributed by atoms with E-state index in [2.05, 4.69) is 0 Å². The number of hydrogen-bond acceptors (Lipinski definition) is 4. The lowest BCUT2D eigenvalue weighted by molar-refractivity contribution is -0.139. The second-order valence-corrected chi connectivity index (χ2v) is 7.10. The number of carbonyl (C=O) groups is 3. The van der Waals surface area contributed by atoms with Crippen LogP contribution in [-0.4, -0.2) is 54.3 Å². The van der Waals surface area contributed by atoms with E-state index in [1.54, 1.807) is 4.90 Å². The van der Waals surface area contributed by atoms with Gasteiger partial charge in [0, 0.05) is 38.0 Å². The quantitative estimate of drug-likeness (QED) is 0.776. The number of benzene rings is 1. The molecule has 0 unspecified atom stereocenters. The number of hydrogen-bond donors (Lipinski definition) is 0. The average Bonchev–Trinajstić information content (AvgIpc) is 2.72. The van der Waals surface area contributed by atoms with E-state index in [0.29, 0.717) is 39.0 Å². The van der Waals surface area contributed by atoms with Gasteiger partial charge in [0.25, 0.3) is 0 Å². The lowest BCUT2D eigenvalue weighted by Crippen LogP contribution is -2.46. The summed E-state index contributed by atoms with van der Waals surface area (Å²) in [5, 5.41) is 0. The molecule has 2 aliphatic heterocycles. The van der Waals surface area contributed by atoms with Crippen molar-refractivity contribution in [2.75, 3.05) is 26.2 Å². The molecular weight excluding hydrogens is 332 g/mol. The van der Waals surface area contributed by atoms with Crippen LogP contribution in [0.15, 0.2) is 30.3 Å². The maximum absolute atomic E-state index is 12.6. The summed E-state index contributed by atoms with van der Waals surface area (Å²) < 4.78 is 5.36. The molecule has 0 aliphatic carbocycles. The van der Waals surface area contributed by atoms with E-state index >= 15 is 0 Å². The van der Waals surface area contributed by atoms with Gasteiger partial charge in [0.05, 0.1) is 0 Å². The molecule has 0 N–H and O–H groups in total. The molecule has 0 saturated carbocycles. The Bertz CT molecular complexity index is 618. The second kappa shape index (κ2) is 8.83. The summed E-state index contributed by atoms with van der Waals surface area (Å²) in [6, 6.07) is 9.60. The van der Waals surface area contributed by atoms with Crippen LogP contribution in [0.4, 0.5) is 4.79 Å². The molecule has 0 aromatic heterocycles. The van der Waals surface area contributed by atoms with E-state index in [1.165, 1.54) is 0 Å². The Hall–Kier alpha value is -2.37. The monoisotopic (exact) mass is 358 g/mol. The summed E-state index contributed by atoms with van der Waals surface area (Å²) in [4.78, 5) is 39.2. The molecular formula is C20H26N2O4. The minimum absolute atomic E-state index is 0.0269. The molecule has 0 spiro atoms. The van der Waals surface area contributed by atoms with Gasteiger partial charge in [0.2, 0.25) is 5.91 Å². The van der Waals surface area contributed by atoms with Crippen LogP contribution in [0.5, 0.6) is 0 Å². The zero-order valence-electron chi connectivity index (χ0n) is 15.0. The van der Waals surface area contributed by atoms with Crippen LogP contribution in [0, 0.1) is 11.8 Å². The maximum atomic E-state index is 12.6. The molecule has 6 nitrogen and oxygen atoms in total. The SMILES string of the molecule is O=CC1CCN(C(=O)C2CCN(C(=O)OCc3ccccc3)CC2)CC1. The number of piperidine rings is 2. The van der Waals surface area contributed by atoms with Gasteiger partial charge in [-0.25, -0.2) is 4.79 Å². The van der Waals surface area contributed by atoms with Crippen LogP contribution >= 0.6 is 0 Å². The summed E-state index contributed by atoms with van der Waals surface area (Å²) >= 11 is 0. The molecule has 0 atom stereocenters. The smallest absolute Gasteiger partial charge is 0.410 e. The van der Waals surface area contributed by atoms with Crippen molar-refractivity contribution in [1.29, 1.82) is 0 Å². The number of aldehydes is 1. The lowest BCUT2D eigenvalue weighted by Gasteiger charge is -2.36. The standard InChI is InChI=1S/C20H26N2O4/c23-14-16-6-10-21(11-7-16)19(24)18-8-12-22(13-9-18)20(25)26-15-17-4-2-1-3-5-17/h1-5,14,16,18H,6-13,15H2. The fourth-order valence-electron chi connectivity index (χ4n) is 3.63. The normalized spacial score (nSPS) is 19.2. The molecule has 3 rings (SSSR count). The number of likely N-dealkylation sites (tertiary alicyclic amines) is 2. The van der Waals surface area contributed by atoms with Crippen molar-refractivity contribution in [3.05, 3.63) is 35.9 Å². The third-order valence-corrected chi connectivity index (χ3v) is 5.35. The molecule has 6 heteroatoms. The summed E-state index contributed by atoms with van der Waals surface area (Å²) in [6.07, 6.45) is 3.56.